The summed E-state index contributed by atoms with van der Waals surface area (Å²) < 4.78 is 10.7. The van der Waals surface area contributed by atoms with Crippen molar-refractivity contribution in [3.05, 3.63) is 66.0 Å². The highest BCUT2D eigenvalue weighted by molar-refractivity contribution is 6.05. The maximum absolute atomic E-state index is 12.6. The van der Waals surface area contributed by atoms with Crippen LogP contribution in [0, 0.1) is 0 Å². The van der Waals surface area contributed by atoms with E-state index in [1.165, 1.54) is 0 Å². The summed E-state index contributed by atoms with van der Waals surface area (Å²) in [5.41, 5.74) is 1.38. The van der Waals surface area contributed by atoms with Gasteiger partial charge in [0.15, 0.2) is 11.5 Å². The Morgan fingerprint density at radius 1 is 1.12 bits per heavy atom. The van der Waals surface area contributed by atoms with Crippen molar-refractivity contribution in [3.63, 3.8) is 0 Å². The van der Waals surface area contributed by atoms with E-state index < -0.39 is 0 Å². The Labute approximate surface area is 139 Å². The molecule has 2 aromatic carbocycles. The molecule has 1 aliphatic rings. The number of nitrogens with one attached hydrogen (secondary N) is 1. The molecule has 5 nitrogen and oxygen atoms in total. The fraction of sp³-hybridized carbons (Fsp3) is 0.158. The first-order chi connectivity index (χ1) is 11.7. The summed E-state index contributed by atoms with van der Waals surface area (Å²) >= 11 is 0. The van der Waals surface area contributed by atoms with Gasteiger partial charge in [0, 0.05) is 11.6 Å². The van der Waals surface area contributed by atoms with E-state index in [0.717, 1.165) is 22.1 Å². The van der Waals surface area contributed by atoms with Gasteiger partial charge in [-0.05, 0) is 36.1 Å². The molecule has 1 unspecified atom stereocenters. The van der Waals surface area contributed by atoms with Gasteiger partial charge < -0.3 is 14.8 Å². The van der Waals surface area contributed by atoms with E-state index in [4.69, 9.17) is 9.47 Å². The molecule has 24 heavy (non-hydrogen) atoms. The zero-order valence-electron chi connectivity index (χ0n) is 13.2. The minimum atomic E-state index is -0.197. The molecule has 1 N–H and O–H groups in total. The van der Waals surface area contributed by atoms with Crippen molar-refractivity contribution in [2.24, 2.45) is 0 Å². The molecular formula is C19H16N2O3. The fourth-order valence-corrected chi connectivity index (χ4v) is 2.83. The van der Waals surface area contributed by atoms with Gasteiger partial charge in [-0.15, -0.1) is 0 Å². The van der Waals surface area contributed by atoms with Crippen LogP contribution in [0.1, 0.15) is 29.0 Å². The number of amides is 1. The van der Waals surface area contributed by atoms with Gasteiger partial charge in [-0.1, -0.05) is 30.3 Å². The number of fused-ring (bicyclic) bond motifs is 2. The van der Waals surface area contributed by atoms with Crippen molar-refractivity contribution >= 4 is 16.7 Å². The standard InChI is InChI=1S/C19H16N2O3/c1-12(14-6-7-16-17(10-14)24-11-23-16)21-19(22)18-15-5-3-2-4-13(15)8-9-20-18/h2-10,12H,11H2,1H3,(H,21,22). The lowest BCUT2D eigenvalue weighted by molar-refractivity contribution is 0.0936. The zero-order valence-corrected chi connectivity index (χ0v) is 13.2. The van der Waals surface area contributed by atoms with Crippen molar-refractivity contribution in [1.82, 2.24) is 10.3 Å². The molecule has 0 aliphatic carbocycles. The second-order valence-electron chi connectivity index (χ2n) is 5.69. The van der Waals surface area contributed by atoms with Crippen molar-refractivity contribution in [2.75, 3.05) is 6.79 Å². The predicted molar refractivity (Wildman–Crippen MR) is 90.2 cm³/mol. The minimum Gasteiger partial charge on any atom is -0.454 e. The second kappa shape index (κ2) is 5.85. The number of nitrogens with zero attached hydrogens (tertiary/aromatic N) is 1. The molecule has 1 amide bonds. The van der Waals surface area contributed by atoms with Gasteiger partial charge in [0.1, 0.15) is 5.69 Å². The Hall–Kier alpha value is -3.08. The summed E-state index contributed by atoms with van der Waals surface area (Å²) in [7, 11) is 0. The Kier molecular flexibility index (Phi) is 3.54. The molecule has 0 bridgehead atoms. The Bertz CT molecular complexity index is 918. The van der Waals surface area contributed by atoms with Crippen molar-refractivity contribution in [2.45, 2.75) is 13.0 Å². The van der Waals surface area contributed by atoms with Crippen LogP contribution in [-0.2, 0) is 0 Å². The predicted octanol–water partition coefficient (Wildman–Crippen LogP) is 3.45. The molecule has 4 rings (SSSR count). The van der Waals surface area contributed by atoms with E-state index in [1.807, 2.05) is 55.5 Å². The Morgan fingerprint density at radius 3 is 2.88 bits per heavy atom. The molecular weight excluding hydrogens is 304 g/mol. The van der Waals surface area contributed by atoms with E-state index in [1.54, 1.807) is 6.20 Å². The first-order valence-electron chi connectivity index (χ1n) is 7.76. The highest BCUT2D eigenvalue weighted by Gasteiger charge is 2.18. The average molecular weight is 320 g/mol. The molecule has 1 aromatic heterocycles. The first kappa shape index (κ1) is 14.5. The monoisotopic (exact) mass is 320 g/mol. The van der Waals surface area contributed by atoms with Crippen LogP contribution in [0.5, 0.6) is 11.5 Å². The number of aromatic nitrogens is 1. The molecule has 0 saturated heterocycles. The molecule has 5 heteroatoms. The van der Waals surface area contributed by atoms with Crippen molar-refractivity contribution < 1.29 is 14.3 Å². The van der Waals surface area contributed by atoms with E-state index in [-0.39, 0.29) is 18.7 Å². The number of benzene rings is 2. The maximum Gasteiger partial charge on any atom is 0.270 e. The summed E-state index contributed by atoms with van der Waals surface area (Å²) in [5, 5.41) is 4.83. The smallest absolute Gasteiger partial charge is 0.270 e. The van der Waals surface area contributed by atoms with Crippen LogP contribution in [0.15, 0.2) is 54.7 Å². The number of hydrogen-bond donors (Lipinski definition) is 1. The largest absolute Gasteiger partial charge is 0.454 e. The van der Waals surface area contributed by atoms with E-state index in [2.05, 4.69) is 10.3 Å². The topological polar surface area (TPSA) is 60.5 Å². The third-order valence-electron chi connectivity index (χ3n) is 4.13. The molecule has 0 radical (unpaired) electrons. The summed E-state index contributed by atoms with van der Waals surface area (Å²) in [6.45, 7) is 2.17. The molecule has 120 valence electrons. The zero-order chi connectivity index (χ0) is 16.5. The molecule has 0 spiro atoms. The Morgan fingerprint density at radius 2 is 1.96 bits per heavy atom. The van der Waals surface area contributed by atoms with Crippen LogP contribution in [-0.4, -0.2) is 17.7 Å². The minimum absolute atomic E-state index is 0.173. The molecule has 0 saturated carbocycles. The molecule has 3 aromatic rings. The van der Waals surface area contributed by atoms with Crippen LogP contribution in [0.3, 0.4) is 0 Å². The third kappa shape index (κ3) is 2.54. The number of pyridine rings is 1. The lowest BCUT2D eigenvalue weighted by atomic mass is 10.1. The van der Waals surface area contributed by atoms with Gasteiger partial charge in [0.25, 0.3) is 5.91 Å². The SMILES string of the molecule is CC(NC(=O)c1nccc2ccccc12)c1ccc2c(c1)OCO2. The van der Waals surface area contributed by atoms with Crippen molar-refractivity contribution in [1.29, 1.82) is 0 Å². The second-order valence-corrected chi connectivity index (χ2v) is 5.69. The summed E-state index contributed by atoms with van der Waals surface area (Å²) in [5.74, 6) is 1.24. The quantitative estimate of drug-likeness (QED) is 0.803. The maximum atomic E-state index is 12.6. The summed E-state index contributed by atoms with van der Waals surface area (Å²) in [6.07, 6.45) is 1.66. The number of ether oxygens (including phenoxy) is 2. The molecule has 1 aliphatic heterocycles. The fourth-order valence-electron chi connectivity index (χ4n) is 2.83. The highest BCUT2D eigenvalue weighted by atomic mass is 16.7. The average Bonchev–Trinajstić information content (AvgIpc) is 3.08. The van der Waals surface area contributed by atoms with Crippen LogP contribution >= 0.6 is 0 Å². The van der Waals surface area contributed by atoms with E-state index in [9.17, 15) is 4.79 Å². The molecule has 1 atom stereocenters. The highest BCUT2D eigenvalue weighted by Crippen LogP contribution is 2.34. The Balaban J connectivity index is 1.59. The van der Waals surface area contributed by atoms with Crippen LogP contribution in [0.2, 0.25) is 0 Å². The molecule has 2 heterocycles. The van der Waals surface area contributed by atoms with E-state index >= 15 is 0 Å². The van der Waals surface area contributed by atoms with E-state index in [0.29, 0.717) is 11.4 Å². The van der Waals surface area contributed by atoms with Gasteiger partial charge in [0.2, 0.25) is 6.79 Å². The van der Waals surface area contributed by atoms with Gasteiger partial charge in [-0.2, -0.15) is 0 Å². The lowest BCUT2D eigenvalue weighted by Crippen LogP contribution is -2.27. The lowest BCUT2D eigenvalue weighted by Gasteiger charge is -2.15. The van der Waals surface area contributed by atoms with Gasteiger partial charge >= 0.3 is 0 Å². The van der Waals surface area contributed by atoms with Crippen LogP contribution in [0.4, 0.5) is 0 Å². The van der Waals surface area contributed by atoms with Gasteiger partial charge in [-0.25, -0.2) is 0 Å². The molecule has 0 fully saturated rings. The summed E-state index contributed by atoms with van der Waals surface area (Å²) in [4.78, 5) is 16.9. The van der Waals surface area contributed by atoms with Gasteiger partial charge in [-0.3, -0.25) is 9.78 Å². The van der Waals surface area contributed by atoms with Crippen LogP contribution < -0.4 is 14.8 Å². The number of rotatable bonds is 3. The van der Waals surface area contributed by atoms with Gasteiger partial charge in [0.05, 0.1) is 6.04 Å². The third-order valence-corrected chi connectivity index (χ3v) is 4.13. The summed E-state index contributed by atoms with van der Waals surface area (Å²) in [6, 6.07) is 15.1. The number of hydrogen-bond acceptors (Lipinski definition) is 4. The normalized spacial score (nSPS) is 13.7. The van der Waals surface area contributed by atoms with Crippen LogP contribution in [0.25, 0.3) is 10.8 Å². The first-order valence-corrected chi connectivity index (χ1v) is 7.76. The van der Waals surface area contributed by atoms with Crippen molar-refractivity contribution in [3.8, 4) is 11.5 Å². The number of carbonyl (C=O) groups excluding carboxylic acids is 1. The number of carbonyl (C=O) groups is 1.